The smallest absolute Gasteiger partial charge is 0.0892 e. The minimum absolute atomic E-state index is 0.343. The first-order valence-corrected chi connectivity index (χ1v) is 7.37. The fourth-order valence-electron chi connectivity index (χ4n) is 2.43. The van der Waals surface area contributed by atoms with E-state index in [0.717, 1.165) is 22.8 Å². The zero-order chi connectivity index (χ0) is 14.9. The lowest BCUT2D eigenvalue weighted by Crippen LogP contribution is -2.06. The lowest BCUT2D eigenvalue weighted by Gasteiger charge is -2.13. The van der Waals surface area contributed by atoms with Gasteiger partial charge in [-0.15, -0.1) is 0 Å². The number of benzene rings is 1. The molecule has 20 heavy (non-hydrogen) atoms. The van der Waals surface area contributed by atoms with Gasteiger partial charge in [-0.2, -0.15) is 5.10 Å². The predicted octanol–water partition coefficient (Wildman–Crippen LogP) is 4.34. The van der Waals surface area contributed by atoms with Gasteiger partial charge in [0.1, 0.15) is 0 Å². The van der Waals surface area contributed by atoms with Crippen molar-refractivity contribution >= 4 is 5.69 Å². The molecule has 2 aromatic rings. The summed E-state index contributed by atoms with van der Waals surface area (Å²) in [5.41, 5.74) is 10.5. The summed E-state index contributed by atoms with van der Waals surface area (Å²) in [6, 6.07) is 10.2. The van der Waals surface area contributed by atoms with E-state index in [-0.39, 0.29) is 0 Å². The third-order valence-corrected chi connectivity index (χ3v) is 3.97. The van der Waals surface area contributed by atoms with E-state index in [1.165, 1.54) is 0 Å². The molecule has 3 heteroatoms. The molecule has 0 aliphatic carbocycles. The van der Waals surface area contributed by atoms with Crippen LogP contribution in [0.3, 0.4) is 0 Å². The Morgan fingerprint density at radius 1 is 1.00 bits per heavy atom. The van der Waals surface area contributed by atoms with Crippen LogP contribution in [0.2, 0.25) is 0 Å². The van der Waals surface area contributed by atoms with Crippen LogP contribution in [0, 0.1) is 5.92 Å². The predicted molar refractivity (Wildman–Crippen MR) is 85.3 cm³/mol. The molecule has 1 aromatic heterocycles. The molecular formula is C17H25N3. The maximum Gasteiger partial charge on any atom is 0.0892 e. The normalized spacial score (nSPS) is 13.2. The highest BCUT2D eigenvalue weighted by Crippen LogP contribution is 2.34. The van der Waals surface area contributed by atoms with Crippen LogP contribution in [0.1, 0.15) is 57.8 Å². The Morgan fingerprint density at radius 2 is 1.60 bits per heavy atom. The van der Waals surface area contributed by atoms with E-state index in [1.807, 2.05) is 22.9 Å². The summed E-state index contributed by atoms with van der Waals surface area (Å²) in [5, 5.41) is 4.81. The van der Waals surface area contributed by atoms with Crippen molar-refractivity contribution < 1.29 is 0 Å². The summed E-state index contributed by atoms with van der Waals surface area (Å²) >= 11 is 0. The second-order valence-electron chi connectivity index (χ2n) is 6.12. The van der Waals surface area contributed by atoms with Crippen molar-refractivity contribution in [3.8, 4) is 5.69 Å². The molecule has 0 radical (unpaired) electrons. The fourth-order valence-corrected chi connectivity index (χ4v) is 2.43. The molecule has 1 atom stereocenters. The number of nitrogens with two attached hydrogens (primary N) is 1. The van der Waals surface area contributed by atoms with Crippen LogP contribution in [0.15, 0.2) is 30.3 Å². The van der Waals surface area contributed by atoms with Gasteiger partial charge in [-0.1, -0.05) is 52.8 Å². The quantitative estimate of drug-likeness (QED) is 0.899. The molecule has 1 aromatic carbocycles. The summed E-state index contributed by atoms with van der Waals surface area (Å²) in [6.45, 7) is 10.9. The highest BCUT2D eigenvalue weighted by atomic mass is 15.3. The topological polar surface area (TPSA) is 43.8 Å². The van der Waals surface area contributed by atoms with E-state index >= 15 is 0 Å². The van der Waals surface area contributed by atoms with E-state index in [1.54, 1.807) is 0 Å². The number of rotatable bonds is 4. The van der Waals surface area contributed by atoms with Crippen molar-refractivity contribution in [2.24, 2.45) is 5.92 Å². The molecule has 1 heterocycles. The van der Waals surface area contributed by atoms with E-state index in [4.69, 9.17) is 10.8 Å². The van der Waals surface area contributed by atoms with Crippen LogP contribution in [-0.2, 0) is 0 Å². The second-order valence-corrected chi connectivity index (χ2v) is 6.12. The third kappa shape index (κ3) is 2.58. The molecule has 0 aliphatic heterocycles. The molecule has 108 valence electrons. The lowest BCUT2D eigenvalue weighted by molar-refractivity contribution is 0.520. The SMILES string of the molecule is CC(C)c1c(N)c(C(C)C(C)C)nn1-c1ccccc1. The van der Waals surface area contributed by atoms with Crippen molar-refractivity contribution in [3.63, 3.8) is 0 Å². The van der Waals surface area contributed by atoms with Gasteiger partial charge in [-0.25, -0.2) is 4.68 Å². The largest absolute Gasteiger partial charge is 0.396 e. The van der Waals surface area contributed by atoms with Crippen molar-refractivity contribution in [2.45, 2.75) is 46.5 Å². The average molecular weight is 271 g/mol. The molecule has 0 fully saturated rings. The van der Waals surface area contributed by atoms with Gasteiger partial charge in [0.25, 0.3) is 0 Å². The first-order chi connectivity index (χ1) is 9.43. The number of para-hydroxylation sites is 1. The lowest BCUT2D eigenvalue weighted by atomic mass is 9.93. The van der Waals surface area contributed by atoms with Crippen molar-refractivity contribution in [2.75, 3.05) is 5.73 Å². The Kier molecular flexibility index (Phi) is 4.17. The summed E-state index contributed by atoms with van der Waals surface area (Å²) in [6.07, 6.45) is 0. The Labute approximate surface area is 121 Å². The average Bonchev–Trinajstić information content (AvgIpc) is 2.76. The van der Waals surface area contributed by atoms with Gasteiger partial charge in [0.15, 0.2) is 0 Å². The van der Waals surface area contributed by atoms with Crippen LogP contribution in [-0.4, -0.2) is 9.78 Å². The van der Waals surface area contributed by atoms with Crippen molar-refractivity contribution in [1.29, 1.82) is 0 Å². The molecule has 0 bridgehead atoms. The third-order valence-electron chi connectivity index (χ3n) is 3.97. The van der Waals surface area contributed by atoms with Gasteiger partial charge in [-0.3, -0.25) is 0 Å². The summed E-state index contributed by atoms with van der Waals surface area (Å²) in [5.74, 6) is 1.23. The number of aromatic nitrogens is 2. The summed E-state index contributed by atoms with van der Waals surface area (Å²) in [4.78, 5) is 0. The van der Waals surface area contributed by atoms with Gasteiger partial charge in [0.05, 0.1) is 22.8 Å². The summed E-state index contributed by atoms with van der Waals surface area (Å²) < 4.78 is 2.01. The van der Waals surface area contributed by atoms with Gasteiger partial charge >= 0.3 is 0 Å². The molecule has 2 N–H and O–H groups in total. The van der Waals surface area contributed by atoms with Crippen LogP contribution in [0.5, 0.6) is 0 Å². The number of nitrogen functional groups attached to an aromatic ring is 1. The Balaban J connectivity index is 2.60. The van der Waals surface area contributed by atoms with Crippen molar-refractivity contribution in [3.05, 3.63) is 41.7 Å². The minimum Gasteiger partial charge on any atom is -0.396 e. The van der Waals surface area contributed by atoms with Crippen LogP contribution < -0.4 is 5.73 Å². The Morgan fingerprint density at radius 3 is 2.10 bits per heavy atom. The molecule has 1 unspecified atom stereocenters. The first kappa shape index (κ1) is 14.6. The van der Waals surface area contributed by atoms with E-state index < -0.39 is 0 Å². The standard InChI is InChI=1S/C17H25N3/c1-11(2)13(5)16-15(18)17(12(3)4)20(19-16)14-9-7-6-8-10-14/h6-13H,18H2,1-5H3. The molecule has 0 saturated carbocycles. The minimum atomic E-state index is 0.343. The molecule has 0 saturated heterocycles. The fraction of sp³-hybridized carbons (Fsp3) is 0.471. The van der Waals surface area contributed by atoms with E-state index in [0.29, 0.717) is 17.8 Å². The Hall–Kier alpha value is -1.77. The number of anilines is 1. The number of hydrogen-bond acceptors (Lipinski definition) is 2. The monoisotopic (exact) mass is 271 g/mol. The van der Waals surface area contributed by atoms with Gasteiger partial charge in [0, 0.05) is 5.92 Å². The molecule has 2 rings (SSSR count). The van der Waals surface area contributed by atoms with Gasteiger partial charge in [0.2, 0.25) is 0 Å². The van der Waals surface area contributed by atoms with Crippen LogP contribution in [0.4, 0.5) is 5.69 Å². The van der Waals surface area contributed by atoms with E-state index in [2.05, 4.69) is 46.8 Å². The summed E-state index contributed by atoms with van der Waals surface area (Å²) in [7, 11) is 0. The Bertz CT molecular complexity index is 567. The first-order valence-electron chi connectivity index (χ1n) is 7.37. The van der Waals surface area contributed by atoms with Gasteiger partial charge < -0.3 is 5.73 Å². The zero-order valence-corrected chi connectivity index (χ0v) is 13.1. The highest BCUT2D eigenvalue weighted by molar-refractivity contribution is 5.54. The van der Waals surface area contributed by atoms with Gasteiger partial charge in [-0.05, 0) is 24.0 Å². The molecule has 0 spiro atoms. The van der Waals surface area contributed by atoms with E-state index in [9.17, 15) is 0 Å². The second kappa shape index (κ2) is 5.70. The molecule has 0 amide bonds. The van der Waals surface area contributed by atoms with Crippen LogP contribution in [0.25, 0.3) is 5.69 Å². The molecular weight excluding hydrogens is 246 g/mol. The molecule has 3 nitrogen and oxygen atoms in total. The maximum atomic E-state index is 6.40. The van der Waals surface area contributed by atoms with Crippen molar-refractivity contribution in [1.82, 2.24) is 9.78 Å². The maximum absolute atomic E-state index is 6.40. The molecule has 0 aliphatic rings. The zero-order valence-electron chi connectivity index (χ0n) is 13.1. The van der Waals surface area contributed by atoms with Crippen LogP contribution >= 0.6 is 0 Å². The number of hydrogen-bond donors (Lipinski definition) is 1. The number of nitrogens with zero attached hydrogens (tertiary/aromatic N) is 2. The highest BCUT2D eigenvalue weighted by Gasteiger charge is 2.23.